The molecular weight excluding hydrogens is 270 g/mol. The third kappa shape index (κ3) is 2.81. The highest BCUT2D eigenvalue weighted by atomic mass is 32.1. The van der Waals surface area contributed by atoms with Gasteiger partial charge in [0.2, 0.25) is 0 Å². The zero-order chi connectivity index (χ0) is 14.5. The molecule has 0 saturated heterocycles. The lowest BCUT2D eigenvalue weighted by molar-refractivity contribution is 0.395. The predicted molar refractivity (Wildman–Crippen MR) is 84.1 cm³/mol. The lowest BCUT2D eigenvalue weighted by Crippen LogP contribution is -2.18. The number of nitrogens with one attached hydrogen (secondary N) is 1. The Hall–Kier alpha value is -1.52. The summed E-state index contributed by atoms with van der Waals surface area (Å²) in [5, 5.41) is 5.54. The predicted octanol–water partition coefficient (Wildman–Crippen LogP) is 3.64. The third-order valence-corrected chi connectivity index (χ3v) is 4.48. The number of rotatable bonds is 6. The second-order valence-electron chi connectivity index (χ2n) is 4.49. The molecule has 0 fully saturated rings. The first-order valence-corrected chi connectivity index (χ1v) is 7.58. The summed E-state index contributed by atoms with van der Waals surface area (Å²) in [5.74, 6) is 1.72. The van der Waals surface area contributed by atoms with Crippen LogP contribution in [0.2, 0.25) is 0 Å². The summed E-state index contributed by atoms with van der Waals surface area (Å²) < 4.78 is 10.9. The minimum Gasteiger partial charge on any atom is -0.497 e. The van der Waals surface area contributed by atoms with E-state index in [1.54, 1.807) is 25.6 Å². The van der Waals surface area contributed by atoms with E-state index in [-0.39, 0.29) is 6.04 Å². The zero-order valence-corrected chi connectivity index (χ0v) is 13.2. The van der Waals surface area contributed by atoms with Gasteiger partial charge in [0.05, 0.1) is 20.3 Å². The van der Waals surface area contributed by atoms with Gasteiger partial charge >= 0.3 is 0 Å². The number of hydrogen-bond acceptors (Lipinski definition) is 4. The SMILES string of the molecule is CCc1ccsc1C(NC)c1cc(OC)ccc1OC. The Balaban J connectivity index is 2.50. The second kappa shape index (κ2) is 6.77. The van der Waals surface area contributed by atoms with Gasteiger partial charge in [-0.1, -0.05) is 6.92 Å². The molecule has 1 N–H and O–H groups in total. The third-order valence-electron chi connectivity index (χ3n) is 3.46. The maximum Gasteiger partial charge on any atom is 0.124 e. The first-order valence-electron chi connectivity index (χ1n) is 6.70. The normalized spacial score (nSPS) is 12.2. The van der Waals surface area contributed by atoms with Gasteiger partial charge in [-0.15, -0.1) is 11.3 Å². The van der Waals surface area contributed by atoms with Crippen molar-refractivity contribution in [2.75, 3.05) is 21.3 Å². The van der Waals surface area contributed by atoms with E-state index in [0.717, 1.165) is 23.5 Å². The van der Waals surface area contributed by atoms with Crippen LogP contribution in [0.25, 0.3) is 0 Å². The fourth-order valence-electron chi connectivity index (χ4n) is 2.39. The minimum absolute atomic E-state index is 0.120. The fourth-order valence-corrected chi connectivity index (χ4v) is 3.51. The van der Waals surface area contributed by atoms with Crippen LogP contribution in [0.3, 0.4) is 0 Å². The molecule has 1 aromatic heterocycles. The van der Waals surface area contributed by atoms with Crippen LogP contribution in [-0.2, 0) is 6.42 Å². The molecule has 0 radical (unpaired) electrons. The van der Waals surface area contributed by atoms with Gasteiger partial charge in [-0.05, 0) is 48.7 Å². The molecule has 0 aliphatic heterocycles. The van der Waals surface area contributed by atoms with Crippen molar-refractivity contribution in [2.45, 2.75) is 19.4 Å². The Morgan fingerprint density at radius 3 is 2.60 bits per heavy atom. The van der Waals surface area contributed by atoms with Crippen molar-refractivity contribution in [3.05, 3.63) is 45.6 Å². The van der Waals surface area contributed by atoms with Crippen molar-refractivity contribution in [2.24, 2.45) is 0 Å². The molecule has 20 heavy (non-hydrogen) atoms. The van der Waals surface area contributed by atoms with E-state index in [2.05, 4.69) is 23.7 Å². The number of benzene rings is 1. The second-order valence-corrected chi connectivity index (χ2v) is 5.44. The van der Waals surface area contributed by atoms with Gasteiger partial charge in [-0.25, -0.2) is 0 Å². The topological polar surface area (TPSA) is 30.5 Å². The Morgan fingerprint density at radius 2 is 2.00 bits per heavy atom. The maximum absolute atomic E-state index is 5.51. The molecule has 0 aliphatic rings. The molecule has 3 nitrogen and oxygen atoms in total. The number of hydrogen-bond donors (Lipinski definition) is 1. The number of thiophene rings is 1. The summed E-state index contributed by atoms with van der Waals surface area (Å²) in [4.78, 5) is 1.33. The van der Waals surface area contributed by atoms with Crippen molar-refractivity contribution < 1.29 is 9.47 Å². The van der Waals surface area contributed by atoms with Crippen molar-refractivity contribution in [1.29, 1.82) is 0 Å². The summed E-state index contributed by atoms with van der Waals surface area (Å²) in [6.07, 6.45) is 1.03. The van der Waals surface area contributed by atoms with E-state index in [1.165, 1.54) is 10.4 Å². The maximum atomic E-state index is 5.51. The lowest BCUT2D eigenvalue weighted by atomic mass is 10.0. The Labute approximate surface area is 124 Å². The van der Waals surface area contributed by atoms with Gasteiger partial charge in [0.15, 0.2) is 0 Å². The molecule has 0 saturated carbocycles. The van der Waals surface area contributed by atoms with Crippen LogP contribution in [0.4, 0.5) is 0 Å². The summed E-state index contributed by atoms with van der Waals surface area (Å²) in [6, 6.07) is 8.23. The number of methoxy groups -OCH3 is 2. The summed E-state index contributed by atoms with van der Waals surface area (Å²) in [5.41, 5.74) is 2.48. The molecule has 1 heterocycles. The van der Waals surface area contributed by atoms with Gasteiger partial charge in [-0.2, -0.15) is 0 Å². The highest BCUT2D eigenvalue weighted by Gasteiger charge is 2.20. The minimum atomic E-state index is 0.120. The average Bonchev–Trinajstić information content (AvgIpc) is 2.96. The molecule has 2 aromatic rings. The highest BCUT2D eigenvalue weighted by molar-refractivity contribution is 7.10. The summed E-state index contributed by atoms with van der Waals surface area (Å²) >= 11 is 1.78. The summed E-state index contributed by atoms with van der Waals surface area (Å²) in [7, 11) is 5.36. The monoisotopic (exact) mass is 291 g/mol. The Bertz CT molecular complexity index is 565. The smallest absolute Gasteiger partial charge is 0.124 e. The van der Waals surface area contributed by atoms with Gasteiger partial charge in [0, 0.05) is 10.4 Å². The van der Waals surface area contributed by atoms with E-state index >= 15 is 0 Å². The quantitative estimate of drug-likeness (QED) is 0.881. The van der Waals surface area contributed by atoms with Crippen molar-refractivity contribution in [3.63, 3.8) is 0 Å². The molecule has 0 aliphatic carbocycles. The van der Waals surface area contributed by atoms with Crippen LogP contribution >= 0.6 is 11.3 Å². The molecule has 2 rings (SSSR count). The molecule has 0 spiro atoms. The molecule has 108 valence electrons. The van der Waals surface area contributed by atoms with Gasteiger partial charge in [0.1, 0.15) is 11.5 Å². The highest BCUT2D eigenvalue weighted by Crippen LogP contribution is 2.36. The number of aryl methyl sites for hydroxylation is 1. The van der Waals surface area contributed by atoms with Crippen LogP contribution in [0.15, 0.2) is 29.6 Å². The zero-order valence-electron chi connectivity index (χ0n) is 12.4. The summed E-state index contributed by atoms with van der Waals surface area (Å²) in [6.45, 7) is 2.18. The van der Waals surface area contributed by atoms with Gasteiger partial charge in [0.25, 0.3) is 0 Å². The van der Waals surface area contributed by atoms with E-state index in [1.807, 2.05) is 25.2 Å². The van der Waals surface area contributed by atoms with Crippen LogP contribution in [-0.4, -0.2) is 21.3 Å². The first kappa shape index (κ1) is 14.9. The van der Waals surface area contributed by atoms with E-state index in [4.69, 9.17) is 9.47 Å². The van der Waals surface area contributed by atoms with Crippen molar-refractivity contribution in [1.82, 2.24) is 5.32 Å². The van der Waals surface area contributed by atoms with Gasteiger partial charge in [-0.3, -0.25) is 0 Å². The fraction of sp³-hybridized carbons (Fsp3) is 0.375. The van der Waals surface area contributed by atoms with E-state index < -0.39 is 0 Å². The molecule has 1 unspecified atom stereocenters. The van der Waals surface area contributed by atoms with Gasteiger partial charge < -0.3 is 14.8 Å². The van der Waals surface area contributed by atoms with Crippen LogP contribution in [0.5, 0.6) is 11.5 Å². The van der Waals surface area contributed by atoms with E-state index in [0.29, 0.717) is 0 Å². The van der Waals surface area contributed by atoms with Crippen LogP contribution < -0.4 is 14.8 Å². The average molecular weight is 291 g/mol. The molecule has 0 bridgehead atoms. The van der Waals surface area contributed by atoms with Crippen LogP contribution in [0.1, 0.15) is 29.0 Å². The number of ether oxygens (including phenoxy) is 2. The van der Waals surface area contributed by atoms with Crippen molar-refractivity contribution >= 4 is 11.3 Å². The standard InChI is InChI=1S/C16H21NO2S/c1-5-11-8-9-20-16(11)15(17-2)13-10-12(18-3)6-7-14(13)19-4/h6-10,15,17H,5H2,1-4H3. The molecule has 1 atom stereocenters. The molecule has 4 heteroatoms. The van der Waals surface area contributed by atoms with Crippen molar-refractivity contribution in [3.8, 4) is 11.5 Å². The molecular formula is C16H21NO2S. The molecule has 0 amide bonds. The first-order chi connectivity index (χ1) is 9.74. The van der Waals surface area contributed by atoms with Crippen LogP contribution in [0, 0.1) is 0 Å². The lowest BCUT2D eigenvalue weighted by Gasteiger charge is -2.20. The Morgan fingerprint density at radius 1 is 1.20 bits per heavy atom. The van der Waals surface area contributed by atoms with E-state index in [9.17, 15) is 0 Å². The Kier molecular flexibility index (Phi) is 5.04. The molecule has 1 aromatic carbocycles. The largest absolute Gasteiger partial charge is 0.497 e.